The van der Waals surface area contributed by atoms with Crippen LogP contribution >= 0.6 is 0 Å². The minimum Gasteiger partial charge on any atom is -0.326 e. The van der Waals surface area contributed by atoms with Gasteiger partial charge in [0.05, 0.1) is 0 Å². The van der Waals surface area contributed by atoms with Crippen LogP contribution in [0, 0.1) is 11.6 Å². The van der Waals surface area contributed by atoms with Gasteiger partial charge >= 0.3 is 0 Å². The van der Waals surface area contributed by atoms with Crippen molar-refractivity contribution in [1.29, 1.82) is 0 Å². The number of likely N-dealkylation sites (tertiary alicyclic amines) is 1. The van der Waals surface area contributed by atoms with Gasteiger partial charge in [0.1, 0.15) is 0 Å². The van der Waals surface area contributed by atoms with Crippen LogP contribution < -0.4 is 5.73 Å². The quantitative estimate of drug-likeness (QED) is 0.879. The molecule has 1 heterocycles. The maximum Gasteiger partial charge on any atom is 0.159 e. The average Bonchev–Trinajstić information content (AvgIpc) is 2.54. The van der Waals surface area contributed by atoms with E-state index in [4.69, 9.17) is 5.73 Å². The van der Waals surface area contributed by atoms with E-state index in [-0.39, 0.29) is 12.1 Å². The van der Waals surface area contributed by atoms with Crippen molar-refractivity contribution in [1.82, 2.24) is 4.90 Å². The predicted molar refractivity (Wildman–Crippen MR) is 68.2 cm³/mol. The van der Waals surface area contributed by atoms with Gasteiger partial charge in [-0.15, -0.1) is 0 Å². The Hall–Kier alpha value is -1.00. The van der Waals surface area contributed by atoms with Gasteiger partial charge in [-0.3, -0.25) is 4.90 Å². The summed E-state index contributed by atoms with van der Waals surface area (Å²) in [5, 5.41) is 0. The van der Waals surface area contributed by atoms with Gasteiger partial charge in [-0.2, -0.15) is 0 Å². The molecule has 4 heteroatoms. The highest BCUT2D eigenvalue weighted by Crippen LogP contribution is 2.29. The lowest BCUT2D eigenvalue weighted by Crippen LogP contribution is -2.39. The molecule has 1 fully saturated rings. The molecule has 0 aromatic heterocycles. The topological polar surface area (TPSA) is 29.3 Å². The van der Waals surface area contributed by atoms with Crippen LogP contribution in [0.25, 0.3) is 0 Å². The second-order valence-corrected chi connectivity index (χ2v) is 4.91. The van der Waals surface area contributed by atoms with Crippen LogP contribution in [0.1, 0.15) is 37.8 Å². The third-order valence-electron chi connectivity index (χ3n) is 3.72. The minimum absolute atomic E-state index is 0.00685. The lowest BCUT2D eigenvalue weighted by atomic mass is 9.96. The van der Waals surface area contributed by atoms with Crippen molar-refractivity contribution in [2.24, 2.45) is 5.73 Å². The monoisotopic (exact) mass is 254 g/mol. The first-order valence-electron chi connectivity index (χ1n) is 6.58. The van der Waals surface area contributed by atoms with Crippen LogP contribution in [0.2, 0.25) is 0 Å². The third kappa shape index (κ3) is 2.70. The van der Waals surface area contributed by atoms with Gasteiger partial charge in [0.15, 0.2) is 11.6 Å². The molecule has 0 bridgehead atoms. The van der Waals surface area contributed by atoms with Crippen molar-refractivity contribution in [3.8, 4) is 0 Å². The molecule has 2 nitrogen and oxygen atoms in total. The summed E-state index contributed by atoms with van der Waals surface area (Å²) in [5.41, 5.74) is 6.99. The summed E-state index contributed by atoms with van der Waals surface area (Å²) in [6.07, 6.45) is 3.14. The van der Waals surface area contributed by atoms with E-state index >= 15 is 0 Å². The lowest BCUT2D eigenvalue weighted by molar-refractivity contribution is 0.195. The Morgan fingerprint density at radius 3 is 2.72 bits per heavy atom. The number of likely N-dealkylation sites (N-methyl/N-ethyl adjacent to an activating group) is 1. The molecule has 18 heavy (non-hydrogen) atoms. The summed E-state index contributed by atoms with van der Waals surface area (Å²) < 4.78 is 26.4. The first-order chi connectivity index (χ1) is 8.63. The maximum absolute atomic E-state index is 13.4. The summed E-state index contributed by atoms with van der Waals surface area (Å²) in [7, 11) is 0. The van der Waals surface area contributed by atoms with E-state index < -0.39 is 11.6 Å². The number of rotatable bonds is 2. The van der Waals surface area contributed by atoms with Gasteiger partial charge in [0.2, 0.25) is 0 Å². The Kier molecular flexibility index (Phi) is 4.30. The summed E-state index contributed by atoms with van der Waals surface area (Å²) >= 11 is 0. The van der Waals surface area contributed by atoms with Crippen molar-refractivity contribution in [2.45, 2.75) is 38.3 Å². The number of hydrogen-bond acceptors (Lipinski definition) is 2. The predicted octanol–water partition coefficient (Wildman–Crippen LogP) is 2.84. The Balaban J connectivity index is 2.33. The Morgan fingerprint density at radius 2 is 2.06 bits per heavy atom. The largest absolute Gasteiger partial charge is 0.326 e. The number of halogens is 2. The Labute approximate surface area is 107 Å². The van der Waals surface area contributed by atoms with Gasteiger partial charge in [-0.05, 0) is 43.6 Å². The second kappa shape index (κ2) is 5.76. The molecule has 1 aliphatic rings. The Bertz CT molecular complexity index is 409. The molecule has 0 radical (unpaired) electrons. The molecule has 0 aliphatic carbocycles. The number of hydrogen-bond donors (Lipinski definition) is 1. The summed E-state index contributed by atoms with van der Waals surface area (Å²) in [6, 6.07) is 4.10. The molecule has 2 N–H and O–H groups in total. The summed E-state index contributed by atoms with van der Waals surface area (Å²) in [6.45, 7) is 3.91. The molecule has 0 saturated carbocycles. The van der Waals surface area contributed by atoms with E-state index in [0.29, 0.717) is 0 Å². The molecule has 100 valence electrons. The Morgan fingerprint density at radius 1 is 1.28 bits per heavy atom. The number of nitrogens with zero attached hydrogens (tertiary/aromatic N) is 1. The molecule has 1 aliphatic heterocycles. The van der Waals surface area contributed by atoms with Gasteiger partial charge in [-0.25, -0.2) is 8.78 Å². The van der Waals surface area contributed by atoms with Crippen LogP contribution in [-0.2, 0) is 0 Å². The smallest absolute Gasteiger partial charge is 0.159 e. The zero-order valence-corrected chi connectivity index (χ0v) is 10.7. The third-order valence-corrected chi connectivity index (χ3v) is 3.72. The first-order valence-corrected chi connectivity index (χ1v) is 6.58. The van der Waals surface area contributed by atoms with E-state index in [1.165, 1.54) is 12.1 Å². The molecule has 2 rings (SSSR count). The highest BCUT2D eigenvalue weighted by atomic mass is 19.2. The molecular formula is C14H20F2N2. The van der Waals surface area contributed by atoms with Crippen molar-refractivity contribution < 1.29 is 8.78 Å². The molecule has 1 aromatic carbocycles. The van der Waals surface area contributed by atoms with E-state index in [2.05, 4.69) is 11.8 Å². The van der Waals surface area contributed by atoms with E-state index in [9.17, 15) is 8.78 Å². The summed E-state index contributed by atoms with van der Waals surface area (Å²) in [5.74, 6) is -1.59. The van der Waals surface area contributed by atoms with E-state index in [1.54, 1.807) is 6.07 Å². The van der Waals surface area contributed by atoms with Crippen molar-refractivity contribution in [2.75, 3.05) is 13.1 Å². The van der Waals surface area contributed by atoms with Crippen LogP contribution in [-0.4, -0.2) is 24.0 Å². The zero-order valence-electron chi connectivity index (χ0n) is 10.7. The fourth-order valence-corrected chi connectivity index (χ4v) is 2.77. The summed E-state index contributed by atoms with van der Waals surface area (Å²) in [4.78, 5) is 2.25. The molecule has 1 saturated heterocycles. The first kappa shape index (κ1) is 13.4. The minimum atomic E-state index is -0.802. The highest BCUT2D eigenvalue weighted by Gasteiger charge is 2.28. The van der Waals surface area contributed by atoms with Crippen molar-refractivity contribution in [3.05, 3.63) is 35.4 Å². The molecule has 2 atom stereocenters. The van der Waals surface area contributed by atoms with Crippen LogP contribution in [0.3, 0.4) is 0 Å². The van der Waals surface area contributed by atoms with E-state index in [1.807, 2.05) is 0 Å². The molecular weight excluding hydrogens is 234 g/mol. The normalized spacial score (nSPS) is 26.0. The van der Waals surface area contributed by atoms with Crippen LogP contribution in [0.5, 0.6) is 0 Å². The second-order valence-electron chi connectivity index (χ2n) is 4.91. The van der Waals surface area contributed by atoms with Crippen molar-refractivity contribution in [3.63, 3.8) is 0 Å². The molecule has 0 amide bonds. The molecule has 1 aromatic rings. The maximum atomic E-state index is 13.4. The van der Waals surface area contributed by atoms with Gasteiger partial charge in [0, 0.05) is 12.1 Å². The van der Waals surface area contributed by atoms with E-state index in [0.717, 1.165) is 37.9 Å². The zero-order chi connectivity index (χ0) is 13.1. The van der Waals surface area contributed by atoms with Gasteiger partial charge in [-0.1, -0.05) is 19.4 Å². The average molecular weight is 254 g/mol. The van der Waals surface area contributed by atoms with Gasteiger partial charge in [0.25, 0.3) is 0 Å². The fourth-order valence-electron chi connectivity index (χ4n) is 2.77. The highest BCUT2D eigenvalue weighted by molar-refractivity contribution is 5.23. The fraction of sp³-hybridized carbons (Fsp3) is 0.571. The van der Waals surface area contributed by atoms with Crippen molar-refractivity contribution >= 4 is 0 Å². The number of nitrogens with two attached hydrogens (primary N) is 1. The molecule has 0 spiro atoms. The standard InChI is InChI=1S/C14H20F2N2/c1-2-18-8-4-3-5-13(17)14(18)10-6-7-11(15)12(16)9-10/h6-7,9,13-14H,2-5,8,17H2,1H3. The van der Waals surface area contributed by atoms with Gasteiger partial charge < -0.3 is 5.73 Å². The lowest BCUT2D eigenvalue weighted by Gasteiger charge is -2.33. The van der Waals surface area contributed by atoms with Crippen LogP contribution in [0.4, 0.5) is 8.78 Å². The molecule has 2 unspecified atom stereocenters. The SMILES string of the molecule is CCN1CCCCC(N)C1c1ccc(F)c(F)c1. The van der Waals surface area contributed by atoms with Crippen LogP contribution in [0.15, 0.2) is 18.2 Å². The number of benzene rings is 1.